The first kappa shape index (κ1) is 13.4. The van der Waals surface area contributed by atoms with E-state index in [-0.39, 0.29) is 12.1 Å². The summed E-state index contributed by atoms with van der Waals surface area (Å²) < 4.78 is 13.3. The summed E-state index contributed by atoms with van der Waals surface area (Å²) in [5.41, 5.74) is -1.02. The SMILES string of the molecule is C#CCC(Nc1cccc(F)c1[N+](=O)[O-])C(=O)O. The predicted molar refractivity (Wildman–Crippen MR) is 61.6 cm³/mol. The molecule has 0 fully saturated rings. The van der Waals surface area contributed by atoms with Crippen LogP contribution in [0.5, 0.6) is 0 Å². The lowest BCUT2D eigenvalue weighted by Gasteiger charge is -2.13. The summed E-state index contributed by atoms with van der Waals surface area (Å²) in [4.78, 5) is 20.6. The van der Waals surface area contributed by atoms with E-state index in [9.17, 15) is 19.3 Å². The molecule has 1 aromatic carbocycles. The van der Waals surface area contributed by atoms with E-state index in [1.54, 1.807) is 0 Å². The second kappa shape index (κ2) is 5.63. The third kappa shape index (κ3) is 2.95. The molecule has 1 aromatic rings. The molecule has 0 radical (unpaired) electrons. The monoisotopic (exact) mass is 252 g/mol. The van der Waals surface area contributed by atoms with Gasteiger partial charge < -0.3 is 10.4 Å². The average molecular weight is 252 g/mol. The molecular weight excluding hydrogens is 243 g/mol. The lowest BCUT2D eigenvalue weighted by atomic mass is 10.2. The summed E-state index contributed by atoms with van der Waals surface area (Å²) in [5, 5.41) is 21.9. The maximum atomic E-state index is 13.3. The fraction of sp³-hybridized carbons (Fsp3) is 0.182. The number of nitrogens with zero attached hydrogens (tertiary/aromatic N) is 1. The maximum Gasteiger partial charge on any atom is 0.327 e. The number of nitro benzene ring substituents is 1. The van der Waals surface area contributed by atoms with Gasteiger partial charge in [0.15, 0.2) is 0 Å². The van der Waals surface area contributed by atoms with Crippen LogP contribution in [0.4, 0.5) is 15.8 Å². The van der Waals surface area contributed by atoms with Crippen molar-refractivity contribution in [3.05, 3.63) is 34.1 Å². The highest BCUT2D eigenvalue weighted by Gasteiger charge is 2.24. The van der Waals surface area contributed by atoms with E-state index in [0.717, 1.165) is 6.07 Å². The third-order valence-corrected chi connectivity index (χ3v) is 2.12. The molecule has 0 aromatic heterocycles. The summed E-state index contributed by atoms with van der Waals surface area (Å²) in [6, 6.07) is 2.16. The molecule has 0 bridgehead atoms. The molecule has 6 nitrogen and oxygen atoms in total. The van der Waals surface area contributed by atoms with Crippen molar-refractivity contribution in [1.82, 2.24) is 0 Å². The van der Waals surface area contributed by atoms with Gasteiger partial charge in [-0.2, -0.15) is 4.39 Å². The van der Waals surface area contributed by atoms with E-state index in [4.69, 9.17) is 11.5 Å². The molecule has 1 rings (SSSR count). The fourth-order valence-corrected chi connectivity index (χ4v) is 1.32. The first-order valence-corrected chi connectivity index (χ1v) is 4.83. The topological polar surface area (TPSA) is 92.5 Å². The Morgan fingerprint density at radius 1 is 1.67 bits per heavy atom. The van der Waals surface area contributed by atoms with Crippen molar-refractivity contribution in [2.24, 2.45) is 0 Å². The molecule has 0 aliphatic rings. The number of carboxylic acid groups (broad SMARTS) is 1. The Labute approximate surface area is 102 Å². The molecule has 7 heteroatoms. The number of hydrogen-bond acceptors (Lipinski definition) is 4. The van der Waals surface area contributed by atoms with Crippen molar-refractivity contribution in [2.75, 3.05) is 5.32 Å². The molecule has 0 saturated heterocycles. The Hall–Kier alpha value is -2.62. The Bertz CT molecular complexity index is 524. The van der Waals surface area contributed by atoms with Crippen LogP contribution in [0.15, 0.2) is 18.2 Å². The van der Waals surface area contributed by atoms with Gasteiger partial charge in [0.25, 0.3) is 0 Å². The van der Waals surface area contributed by atoms with Gasteiger partial charge in [0, 0.05) is 6.42 Å². The number of carboxylic acids is 1. The van der Waals surface area contributed by atoms with E-state index < -0.39 is 28.4 Å². The Balaban J connectivity index is 3.10. The number of anilines is 1. The Morgan fingerprint density at radius 2 is 2.33 bits per heavy atom. The van der Waals surface area contributed by atoms with Crippen LogP contribution in [0.1, 0.15) is 6.42 Å². The first-order valence-electron chi connectivity index (χ1n) is 4.83. The molecule has 1 atom stereocenters. The number of aliphatic carboxylic acids is 1. The Kier molecular flexibility index (Phi) is 4.21. The van der Waals surface area contributed by atoms with Crippen molar-refractivity contribution in [3.63, 3.8) is 0 Å². The second-order valence-corrected chi connectivity index (χ2v) is 3.34. The van der Waals surface area contributed by atoms with Crippen molar-refractivity contribution in [3.8, 4) is 12.3 Å². The number of benzene rings is 1. The Morgan fingerprint density at radius 3 is 2.83 bits per heavy atom. The molecule has 94 valence electrons. The summed E-state index contributed by atoms with van der Waals surface area (Å²) >= 11 is 0. The number of terminal acetylenes is 1. The molecule has 18 heavy (non-hydrogen) atoms. The quantitative estimate of drug-likeness (QED) is 0.472. The van der Waals surface area contributed by atoms with Crippen LogP contribution in [0.3, 0.4) is 0 Å². The van der Waals surface area contributed by atoms with Crippen LogP contribution in [0.2, 0.25) is 0 Å². The normalized spacial score (nSPS) is 11.3. The lowest BCUT2D eigenvalue weighted by molar-refractivity contribution is -0.386. The summed E-state index contributed by atoms with van der Waals surface area (Å²) in [7, 11) is 0. The minimum Gasteiger partial charge on any atom is -0.480 e. The number of nitrogens with one attached hydrogen (secondary N) is 1. The van der Waals surface area contributed by atoms with Gasteiger partial charge in [0.05, 0.1) is 4.92 Å². The van der Waals surface area contributed by atoms with Crippen LogP contribution >= 0.6 is 0 Å². The molecule has 0 aliphatic heterocycles. The fourth-order valence-electron chi connectivity index (χ4n) is 1.32. The minimum atomic E-state index is -1.27. The zero-order chi connectivity index (χ0) is 13.7. The zero-order valence-electron chi connectivity index (χ0n) is 9.09. The molecule has 0 amide bonds. The van der Waals surface area contributed by atoms with E-state index in [0.29, 0.717) is 0 Å². The maximum absolute atomic E-state index is 13.3. The van der Waals surface area contributed by atoms with Crippen LogP contribution in [-0.2, 0) is 4.79 Å². The van der Waals surface area contributed by atoms with Crippen LogP contribution < -0.4 is 5.32 Å². The highest BCUT2D eigenvalue weighted by atomic mass is 19.1. The number of carbonyl (C=O) groups is 1. The number of halogens is 1. The summed E-state index contributed by atoms with van der Waals surface area (Å²) in [5.74, 6) is -0.192. The number of rotatable bonds is 5. The highest BCUT2D eigenvalue weighted by Crippen LogP contribution is 2.28. The van der Waals surface area contributed by atoms with Gasteiger partial charge in [-0.15, -0.1) is 12.3 Å². The van der Waals surface area contributed by atoms with E-state index in [2.05, 4.69) is 11.2 Å². The van der Waals surface area contributed by atoms with Gasteiger partial charge in [-0.3, -0.25) is 10.1 Å². The molecule has 0 spiro atoms. The summed E-state index contributed by atoms with van der Waals surface area (Å²) in [6.07, 6.45) is 4.81. The average Bonchev–Trinajstić information content (AvgIpc) is 2.27. The van der Waals surface area contributed by atoms with Crippen molar-refractivity contribution in [2.45, 2.75) is 12.5 Å². The molecule has 1 unspecified atom stereocenters. The number of nitro groups is 1. The standard InChI is InChI=1S/C11H9FN2O4/c1-2-4-9(11(15)16)13-8-6-3-5-7(12)10(8)14(17)18/h1,3,5-6,9,13H,4H2,(H,15,16). The van der Waals surface area contributed by atoms with Crippen LogP contribution in [-0.4, -0.2) is 22.0 Å². The molecule has 0 aliphatic carbocycles. The molecule has 0 saturated carbocycles. The van der Waals surface area contributed by atoms with Crippen molar-refractivity contribution in [1.29, 1.82) is 0 Å². The van der Waals surface area contributed by atoms with Gasteiger partial charge in [0.1, 0.15) is 11.7 Å². The van der Waals surface area contributed by atoms with Gasteiger partial charge in [-0.25, -0.2) is 4.79 Å². The molecule has 0 heterocycles. The molecule has 2 N–H and O–H groups in total. The summed E-state index contributed by atoms with van der Waals surface area (Å²) in [6.45, 7) is 0. The molecular formula is C11H9FN2O4. The third-order valence-electron chi connectivity index (χ3n) is 2.12. The van der Waals surface area contributed by atoms with Crippen LogP contribution in [0, 0.1) is 28.3 Å². The second-order valence-electron chi connectivity index (χ2n) is 3.34. The van der Waals surface area contributed by atoms with Gasteiger partial charge in [-0.1, -0.05) is 6.07 Å². The zero-order valence-corrected chi connectivity index (χ0v) is 9.09. The number of para-hydroxylation sites is 1. The highest BCUT2D eigenvalue weighted by molar-refractivity contribution is 5.79. The van der Waals surface area contributed by atoms with E-state index in [1.807, 2.05) is 0 Å². The van der Waals surface area contributed by atoms with Crippen LogP contribution in [0.25, 0.3) is 0 Å². The largest absolute Gasteiger partial charge is 0.480 e. The number of hydrogen-bond donors (Lipinski definition) is 2. The van der Waals surface area contributed by atoms with Gasteiger partial charge in [-0.05, 0) is 12.1 Å². The van der Waals surface area contributed by atoms with Crippen molar-refractivity contribution >= 4 is 17.3 Å². The minimum absolute atomic E-state index is 0.178. The van der Waals surface area contributed by atoms with Gasteiger partial charge in [0.2, 0.25) is 5.82 Å². The van der Waals surface area contributed by atoms with E-state index in [1.165, 1.54) is 12.1 Å². The lowest BCUT2D eigenvalue weighted by Crippen LogP contribution is -2.29. The first-order chi connectivity index (χ1) is 8.47. The predicted octanol–water partition coefficient (Wildman–Crippen LogP) is 1.62. The van der Waals surface area contributed by atoms with Gasteiger partial charge >= 0.3 is 11.7 Å². The van der Waals surface area contributed by atoms with E-state index >= 15 is 0 Å². The van der Waals surface area contributed by atoms with Crippen molar-refractivity contribution < 1.29 is 19.2 Å². The smallest absolute Gasteiger partial charge is 0.327 e.